The Labute approximate surface area is 175 Å². The zero-order chi connectivity index (χ0) is 21.3. The van der Waals surface area contributed by atoms with Crippen molar-refractivity contribution < 1.29 is 23.5 Å². The van der Waals surface area contributed by atoms with Gasteiger partial charge in [-0.2, -0.15) is 0 Å². The molecule has 1 atom stereocenters. The fourth-order valence-corrected chi connectivity index (χ4v) is 4.04. The number of ether oxygens (including phenoxy) is 1. The van der Waals surface area contributed by atoms with E-state index in [-0.39, 0.29) is 11.5 Å². The van der Waals surface area contributed by atoms with Crippen molar-refractivity contribution in [2.45, 2.75) is 20.0 Å². The molecule has 4 aromatic rings. The van der Waals surface area contributed by atoms with Crippen molar-refractivity contribution >= 4 is 44.9 Å². The van der Waals surface area contributed by atoms with E-state index >= 15 is 0 Å². The number of furan rings is 1. The summed E-state index contributed by atoms with van der Waals surface area (Å²) in [5.41, 5.74) is 1.96. The number of hydrogen-bond acceptors (Lipinski definition) is 6. The number of carbonyl (C=O) groups excluding carboxylic acids is 3. The molecule has 0 saturated heterocycles. The Hall–Kier alpha value is -3.65. The molecule has 0 radical (unpaired) electrons. The molecule has 0 saturated carbocycles. The van der Waals surface area contributed by atoms with Crippen LogP contribution in [-0.4, -0.2) is 28.7 Å². The van der Waals surface area contributed by atoms with E-state index in [0.29, 0.717) is 21.0 Å². The molecule has 0 aliphatic heterocycles. The van der Waals surface area contributed by atoms with Gasteiger partial charge in [-0.15, -0.1) is 11.3 Å². The molecule has 2 N–H and O–H groups in total. The number of aromatic amines is 1. The first-order chi connectivity index (χ1) is 14.4. The van der Waals surface area contributed by atoms with Gasteiger partial charge in [-0.05, 0) is 43.7 Å². The number of aryl methyl sites for hydroxylation is 1. The molecule has 152 valence electrons. The maximum absolute atomic E-state index is 12.8. The summed E-state index contributed by atoms with van der Waals surface area (Å²) < 4.78 is 10.5. The number of Topliss-reactive ketones (excluding diaryl/α,β-unsaturated/α-hetero) is 1. The molecular formula is C22H18N2O5S. The summed E-state index contributed by atoms with van der Waals surface area (Å²) in [5.74, 6) is -1.15. The number of anilines is 1. The molecule has 3 heterocycles. The summed E-state index contributed by atoms with van der Waals surface area (Å²) in [6.07, 6.45) is 2.07. The molecule has 7 nitrogen and oxygen atoms in total. The van der Waals surface area contributed by atoms with Crippen LogP contribution in [-0.2, 0) is 4.74 Å². The quantitative estimate of drug-likeness (QED) is 0.343. The van der Waals surface area contributed by atoms with Crippen molar-refractivity contribution in [3.8, 4) is 0 Å². The van der Waals surface area contributed by atoms with E-state index < -0.39 is 18.0 Å². The van der Waals surface area contributed by atoms with Gasteiger partial charge in [-0.25, -0.2) is 4.79 Å². The van der Waals surface area contributed by atoms with Gasteiger partial charge >= 0.3 is 5.97 Å². The highest BCUT2D eigenvalue weighted by Gasteiger charge is 2.25. The van der Waals surface area contributed by atoms with Crippen molar-refractivity contribution in [1.82, 2.24) is 4.98 Å². The molecular weight excluding hydrogens is 404 g/mol. The van der Waals surface area contributed by atoms with E-state index in [4.69, 9.17) is 9.15 Å². The molecule has 4 rings (SSSR count). The minimum atomic E-state index is -0.959. The number of carbonyl (C=O) groups is 3. The molecule has 0 spiro atoms. The number of thiophene rings is 1. The second kappa shape index (κ2) is 8.00. The number of H-pyrrole nitrogens is 1. The van der Waals surface area contributed by atoms with Crippen LogP contribution in [0, 0.1) is 6.92 Å². The highest BCUT2D eigenvalue weighted by molar-refractivity contribution is 7.18. The number of ketones is 1. The number of esters is 1. The third-order valence-corrected chi connectivity index (χ3v) is 5.73. The summed E-state index contributed by atoms with van der Waals surface area (Å²) in [7, 11) is 0. The fraction of sp³-hybridized carbons (Fsp3) is 0.136. The first kappa shape index (κ1) is 19.7. The third-order valence-electron chi connectivity index (χ3n) is 4.59. The fourth-order valence-electron chi connectivity index (χ4n) is 3.09. The molecule has 8 heteroatoms. The van der Waals surface area contributed by atoms with Crippen molar-refractivity contribution in [3.63, 3.8) is 0 Å². The molecule has 1 amide bonds. The normalized spacial score (nSPS) is 11.9. The van der Waals surface area contributed by atoms with Gasteiger partial charge in [0.2, 0.25) is 5.78 Å². The van der Waals surface area contributed by atoms with E-state index in [1.807, 2.05) is 24.3 Å². The lowest BCUT2D eigenvalue weighted by atomic mass is 10.1. The monoisotopic (exact) mass is 422 g/mol. The SMILES string of the molecule is Cc1cc(NC(=O)c2ccco2)sc1C(=O)OC(C)C(=O)c1c[nH]c2ccccc12. The summed E-state index contributed by atoms with van der Waals surface area (Å²) in [6, 6.07) is 12.3. The van der Waals surface area contributed by atoms with Gasteiger partial charge in [0, 0.05) is 22.7 Å². The molecule has 0 fully saturated rings. The van der Waals surface area contributed by atoms with Crippen LogP contribution in [0.1, 0.15) is 43.1 Å². The maximum atomic E-state index is 12.8. The van der Waals surface area contributed by atoms with Crippen LogP contribution in [0.3, 0.4) is 0 Å². The Kier molecular flexibility index (Phi) is 5.24. The van der Waals surface area contributed by atoms with Crippen LogP contribution < -0.4 is 5.32 Å². The van der Waals surface area contributed by atoms with Gasteiger partial charge in [0.25, 0.3) is 5.91 Å². The van der Waals surface area contributed by atoms with Crippen molar-refractivity contribution in [1.29, 1.82) is 0 Å². The van der Waals surface area contributed by atoms with E-state index in [1.165, 1.54) is 6.26 Å². The average molecular weight is 422 g/mol. The minimum absolute atomic E-state index is 0.170. The highest BCUT2D eigenvalue weighted by atomic mass is 32.1. The minimum Gasteiger partial charge on any atom is -0.459 e. The predicted octanol–water partition coefficient (Wildman–Crippen LogP) is 4.81. The number of amides is 1. The molecule has 0 bridgehead atoms. The number of aromatic nitrogens is 1. The van der Waals surface area contributed by atoms with E-state index in [1.54, 1.807) is 38.2 Å². The molecule has 3 aromatic heterocycles. The van der Waals surface area contributed by atoms with Crippen molar-refractivity contribution in [3.05, 3.63) is 76.7 Å². The Bertz CT molecular complexity index is 1240. The van der Waals surface area contributed by atoms with Gasteiger partial charge in [-0.3, -0.25) is 9.59 Å². The molecule has 1 aromatic carbocycles. The maximum Gasteiger partial charge on any atom is 0.349 e. The second-order valence-electron chi connectivity index (χ2n) is 6.71. The van der Waals surface area contributed by atoms with Crippen LogP contribution >= 0.6 is 11.3 Å². The van der Waals surface area contributed by atoms with E-state index in [2.05, 4.69) is 10.3 Å². The highest BCUT2D eigenvalue weighted by Crippen LogP contribution is 2.28. The van der Waals surface area contributed by atoms with E-state index in [0.717, 1.165) is 22.2 Å². The van der Waals surface area contributed by atoms with Crippen LogP contribution in [0.5, 0.6) is 0 Å². The van der Waals surface area contributed by atoms with Crippen LogP contribution in [0.2, 0.25) is 0 Å². The average Bonchev–Trinajstić information content (AvgIpc) is 3.47. The number of fused-ring (bicyclic) bond motifs is 1. The Morgan fingerprint density at radius 2 is 1.97 bits per heavy atom. The second-order valence-corrected chi connectivity index (χ2v) is 7.77. The van der Waals surface area contributed by atoms with E-state index in [9.17, 15) is 14.4 Å². The summed E-state index contributed by atoms with van der Waals surface area (Å²) in [4.78, 5) is 40.9. The number of nitrogens with one attached hydrogen (secondary N) is 2. The third kappa shape index (κ3) is 3.77. The molecule has 1 unspecified atom stereocenters. The number of para-hydroxylation sites is 1. The number of rotatable bonds is 6. The number of benzene rings is 1. The zero-order valence-corrected chi connectivity index (χ0v) is 17.0. The van der Waals surface area contributed by atoms with Gasteiger partial charge in [0.15, 0.2) is 11.9 Å². The lowest BCUT2D eigenvalue weighted by molar-refractivity contribution is 0.0323. The lowest BCUT2D eigenvalue weighted by Crippen LogP contribution is -2.24. The van der Waals surface area contributed by atoms with Gasteiger partial charge in [0.1, 0.15) is 4.88 Å². The summed E-state index contributed by atoms with van der Waals surface area (Å²) >= 11 is 1.08. The van der Waals surface area contributed by atoms with Crippen molar-refractivity contribution in [2.75, 3.05) is 5.32 Å². The van der Waals surface area contributed by atoms with Gasteiger partial charge in [-0.1, -0.05) is 18.2 Å². The lowest BCUT2D eigenvalue weighted by Gasteiger charge is -2.11. The summed E-state index contributed by atoms with van der Waals surface area (Å²) in [5, 5.41) is 3.95. The first-order valence-electron chi connectivity index (χ1n) is 9.20. The van der Waals surface area contributed by atoms with Gasteiger partial charge in [0.05, 0.1) is 11.3 Å². The zero-order valence-electron chi connectivity index (χ0n) is 16.2. The molecule has 0 aliphatic carbocycles. The topological polar surface area (TPSA) is 101 Å². The molecule has 30 heavy (non-hydrogen) atoms. The standard InChI is InChI=1S/C22H18N2O5S/c1-12-10-18(24-21(26)17-8-5-9-28-17)30-20(12)22(27)29-13(2)19(25)15-11-23-16-7-4-3-6-14(15)16/h3-11,13,23H,1-2H3,(H,24,26). The Balaban J connectivity index is 1.46. The Morgan fingerprint density at radius 3 is 2.73 bits per heavy atom. The summed E-state index contributed by atoms with van der Waals surface area (Å²) in [6.45, 7) is 3.28. The Morgan fingerprint density at radius 1 is 1.17 bits per heavy atom. The predicted molar refractivity (Wildman–Crippen MR) is 113 cm³/mol. The molecule has 0 aliphatic rings. The van der Waals surface area contributed by atoms with Crippen LogP contribution in [0.4, 0.5) is 5.00 Å². The number of hydrogen-bond donors (Lipinski definition) is 2. The van der Waals surface area contributed by atoms with Crippen molar-refractivity contribution in [2.24, 2.45) is 0 Å². The van der Waals surface area contributed by atoms with Crippen LogP contribution in [0.15, 0.2) is 59.3 Å². The van der Waals surface area contributed by atoms with Gasteiger partial charge < -0.3 is 19.5 Å². The smallest absolute Gasteiger partial charge is 0.349 e. The first-order valence-corrected chi connectivity index (χ1v) is 10.0. The van der Waals surface area contributed by atoms with Crippen LogP contribution in [0.25, 0.3) is 10.9 Å². The largest absolute Gasteiger partial charge is 0.459 e.